The Morgan fingerprint density at radius 3 is 2.21 bits per heavy atom. The van der Waals surface area contributed by atoms with Crippen LogP contribution in [0.15, 0.2) is 30.3 Å². The average Bonchev–Trinajstić information content (AvgIpc) is 2.48. The normalized spacial score (nSPS) is 11.2. The number of nitrogens with one attached hydrogen (secondary N) is 1. The van der Waals surface area contributed by atoms with Gasteiger partial charge in [-0.1, -0.05) is 30.3 Å². The van der Waals surface area contributed by atoms with Crippen molar-refractivity contribution >= 4 is 5.91 Å². The van der Waals surface area contributed by atoms with E-state index in [2.05, 4.69) is 10.2 Å². The largest absolute Gasteiger partial charge is 0.394 e. The van der Waals surface area contributed by atoms with Crippen LogP contribution in [0.2, 0.25) is 0 Å². The van der Waals surface area contributed by atoms with Crippen LogP contribution in [-0.2, 0) is 9.53 Å². The molecule has 0 aliphatic carbocycles. The lowest BCUT2D eigenvalue weighted by molar-refractivity contribution is -0.122. The van der Waals surface area contributed by atoms with Gasteiger partial charge in [-0.3, -0.25) is 10.2 Å². The third kappa shape index (κ3) is 8.28. The Balaban J connectivity index is 0.000000399. The highest BCUT2D eigenvalue weighted by Crippen LogP contribution is 2.13. The molecule has 6 nitrogen and oxygen atoms in total. The molecule has 0 saturated carbocycles. The van der Waals surface area contributed by atoms with Gasteiger partial charge in [-0.2, -0.15) is 0 Å². The Morgan fingerprint density at radius 1 is 1.26 bits per heavy atom. The highest BCUT2D eigenvalue weighted by molar-refractivity contribution is 5.82. The number of benzene rings is 1. The zero-order chi connectivity index (χ0) is 14.5. The molecule has 0 aliphatic rings. The molecule has 0 bridgehead atoms. The van der Waals surface area contributed by atoms with Crippen molar-refractivity contribution < 1.29 is 19.7 Å². The minimum atomic E-state index is -0.184. The van der Waals surface area contributed by atoms with Crippen molar-refractivity contribution in [3.63, 3.8) is 0 Å². The molecule has 1 aromatic carbocycles. The summed E-state index contributed by atoms with van der Waals surface area (Å²) in [4.78, 5) is 11.1. The molecule has 6 heteroatoms. The minimum Gasteiger partial charge on any atom is -0.394 e. The van der Waals surface area contributed by atoms with Crippen LogP contribution >= 0.6 is 0 Å². The van der Waals surface area contributed by atoms with E-state index < -0.39 is 0 Å². The lowest BCUT2D eigenvalue weighted by Gasteiger charge is -2.08. The lowest BCUT2D eigenvalue weighted by atomic mass is 10.0. The molecule has 108 valence electrons. The van der Waals surface area contributed by atoms with E-state index in [9.17, 15) is 4.79 Å². The van der Waals surface area contributed by atoms with Gasteiger partial charge in [0.1, 0.15) is 0 Å². The highest BCUT2D eigenvalue weighted by atomic mass is 16.5. The monoisotopic (exact) mass is 270 g/mol. The molecule has 0 saturated heterocycles. The standard InChI is InChI=1S/C9H12N2O.C4H10O3/c1-7(9(12)11-10)8-5-3-2-4-6-8;5-1-3-7-4-2-6/h2-7H,10H2,1H3,(H,11,12);5-6H,1-4H2. The van der Waals surface area contributed by atoms with Gasteiger partial charge in [-0.25, -0.2) is 5.84 Å². The smallest absolute Gasteiger partial charge is 0.241 e. The molecular weight excluding hydrogens is 248 g/mol. The first-order chi connectivity index (χ1) is 9.17. The summed E-state index contributed by atoms with van der Waals surface area (Å²) < 4.78 is 4.63. The van der Waals surface area contributed by atoms with Crippen molar-refractivity contribution in [1.82, 2.24) is 5.43 Å². The second kappa shape index (κ2) is 11.6. The molecule has 5 N–H and O–H groups in total. The van der Waals surface area contributed by atoms with Gasteiger partial charge in [0.2, 0.25) is 5.91 Å². The number of nitrogens with two attached hydrogens (primary N) is 1. The van der Waals surface area contributed by atoms with Crippen molar-refractivity contribution in [3.05, 3.63) is 35.9 Å². The maximum Gasteiger partial charge on any atom is 0.241 e. The quantitative estimate of drug-likeness (QED) is 0.247. The third-order valence-electron chi connectivity index (χ3n) is 2.31. The van der Waals surface area contributed by atoms with Crippen LogP contribution in [0.1, 0.15) is 18.4 Å². The average molecular weight is 270 g/mol. The summed E-state index contributed by atoms with van der Waals surface area (Å²) in [6.45, 7) is 2.51. The van der Waals surface area contributed by atoms with Crippen molar-refractivity contribution in [3.8, 4) is 0 Å². The summed E-state index contributed by atoms with van der Waals surface area (Å²) in [5.41, 5.74) is 3.10. The number of aliphatic hydroxyl groups is 2. The van der Waals surface area contributed by atoms with Gasteiger partial charge >= 0.3 is 0 Å². The molecule has 1 aromatic rings. The number of amides is 1. The summed E-state index contributed by atoms with van der Waals surface area (Å²) in [7, 11) is 0. The van der Waals surface area contributed by atoms with Gasteiger partial charge in [-0.05, 0) is 12.5 Å². The molecule has 1 rings (SSSR count). The van der Waals surface area contributed by atoms with Crippen LogP contribution < -0.4 is 11.3 Å². The predicted octanol–water partition coefficient (Wildman–Crippen LogP) is -0.232. The van der Waals surface area contributed by atoms with E-state index in [4.69, 9.17) is 16.1 Å². The Labute approximate surface area is 113 Å². The molecule has 19 heavy (non-hydrogen) atoms. The third-order valence-corrected chi connectivity index (χ3v) is 2.31. The lowest BCUT2D eigenvalue weighted by Crippen LogP contribution is -2.33. The molecule has 0 spiro atoms. The fourth-order valence-electron chi connectivity index (χ4n) is 1.25. The number of aliphatic hydroxyl groups excluding tert-OH is 2. The molecular formula is C13H22N2O4. The molecule has 1 amide bonds. The first-order valence-electron chi connectivity index (χ1n) is 6.02. The van der Waals surface area contributed by atoms with Crippen LogP contribution in [0.25, 0.3) is 0 Å². The second-order valence-corrected chi connectivity index (χ2v) is 3.70. The van der Waals surface area contributed by atoms with Gasteiger partial charge in [0, 0.05) is 0 Å². The summed E-state index contributed by atoms with van der Waals surface area (Å²) in [5.74, 6) is 4.66. The second-order valence-electron chi connectivity index (χ2n) is 3.70. The van der Waals surface area contributed by atoms with E-state index in [-0.39, 0.29) is 25.0 Å². The summed E-state index contributed by atoms with van der Waals surface area (Å²) in [6, 6.07) is 9.52. The topological polar surface area (TPSA) is 105 Å². The van der Waals surface area contributed by atoms with E-state index in [1.807, 2.05) is 37.3 Å². The fourth-order valence-corrected chi connectivity index (χ4v) is 1.25. The maximum atomic E-state index is 11.1. The number of hydrogen-bond acceptors (Lipinski definition) is 5. The molecule has 1 atom stereocenters. The SMILES string of the molecule is CC(C(=O)NN)c1ccccc1.OCCOCCO. The molecule has 0 fully saturated rings. The van der Waals surface area contributed by atoms with Gasteiger partial charge in [0.05, 0.1) is 32.3 Å². The summed E-state index contributed by atoms with van der Waals surface area (Å²) in [6.07, 6.45) is 0. The number of hydrogen-bond donors (Lipinski definition) is 4. The molecule has 0 aromatic heterocycles. The van der Waals surface area contributed by atoms with Crippen LogP contribution in [0.5, 0.6) is 0 Å². The maximum absolute atomic E-state index is 11.1. The Bertz CT molecular complexity index is 329. The molecule has 0 radical (unpaired) electrons. The van der Waals surface area contributed by atoms with Crippen LogP contribution in [0, 0.1) is 0 Å². The number of rotatable bonds is 6. The van der Waals surface area contributed by atoms with E-state index >= 15 is 0 Å². The van der Waals surface area contributed by atoms with Crippen molar-refractivity contribution in [2.45, 2.75) is 12.8 Å². The van der Waals surface area contributed by atoms with Crippen LogP contribution in [-0.4, -0.2) is 42.5 Å². The van der Waals surface area contributed by atoms with Crippen LogP contribution in [0.4, 0.5) is 0 Å². The van der Waals surface area contributed by atoms with Gasteiger partial charge < -0.3 is 14.9 Å². The van der Waals surface area contributed by atoms with Gasteiger partial charge in [0.15, 0.2) is 0 Å². The minimum absolute atomic E-state index is 0.0278. The van der Waals surface area contributed by atoms with Gasteiger partial charge in [0.25, 0.3) is 0 Å². The number of carbonyl (C=O) groups is 1. The summed E-state index contributed by atoms with van der Waals surface area (Å²) >= 11 is 0. The zero-order valence-corrected chi connectivity index (χ0v) is 11.1. The molecule has 1 unspecified atom stereocenters. The van der Waals surface area contributed by atoms with Crippen molar-refractivity contribution in [2.75, 3.05) is 26.4 Å². The first-order valence-corrected chi connectivity index (χ1v) is 6.02. The number of hydrazine groups is 1. The Kier molecular flexibility index (Phi) is 10.7. The molecule has 0 heterocycles. The van der Waals surface area contributed by atoms with E-state index in [0.29, 0.717) is 13.2 Å². The molecule has 0 aliphatic heterocycles. The first kappa shape index (κ1) is 17.5. The van der Waals surface area contributed by atoms with E-state index in [1.54, 1.807) is 0 Å². The van der Waals surface area contributed by atoms with E-state index in [0.717, 1.165) is 5.56 Å². The zero-order valence-electron chi connectivity index (χ0n) is 11.1. The predicted molar refractivity (Wildman–Crippen MR) is 72.2 cm³/mol. The van der Waals surface area contributed by atoms with E-state index in [1.165, 1.54) is 0 Å². The fraction of sp³-hybridized carbons (Fsp3) is 0.462. The van der Waals surface area contributed by atoms with Gasteiger partial charge in [-0.15, -0.1) is 0 Å². The Hall–Kier alpha value is -1.47. The van der Waals surface area contributed by atoms with Crippen molar-refractivity contribution in [1.29, 1.82) is 0 Å². The van der Waals surface area contributed by atoms with Crippen molar-refractivity contribution in [2.24, 2.45) is 5.84 Å². The number of ether oxygens (including phenoxy) is 1. The Morgan fingerprint density at radius 2 is 1.79 bits per heavy atom. The summed E-state index contributed by atoms with van der Waals surface area (Å²) in [5, 5.41) is 16.2. The number of carbonyl (C=O) groups excluding carboxylic acids is 1. The highest BCUT2D eigenvalue weighted by Gasteiger charge is 2.12. The van der Waals surface area contributed by atoms with Crippen LogP contribution in [0.3, 0.4) is 0 Å².